The second-order valence-corrected chi connectivity index (χ2v) is 2.11. The van der Waals surface area contributed by atoms with Gasteiger partial charge in [-0.3, -0.25) is 0 Å². The van der Waals surface area contributed by atoms with Gasteiger partial charge in [-0.15, -0.1) is 5.60 Å². The van der Waals surface area contributed by atoms with Crippen LogP contribution in [0.25, 0.3) is 0 Å². The maximum absolute atomic E-state index is 10.1. The van der Waals surface area contributed by atoms with E-state index >= 15 is 0 Å². The molecule has 0 aliphatic heterocycles. The maximum Gasteiger partial charge on any atom is 1.00 e. The summed E-state index contributed by atoms with van der Waals surface area (Å²) in [6.45, 7) is 4.90. The molecule has 0 saturated carbocycles. The van der Waals surface area contributed by atoms with Crippen molar-refractivity contribution in [3.05, 3.63) is 0 Å². The molecule has 0 aliphatic carbocycles. The molecule has 0 spiro atoms. The molecule has 0 aromatic carbocycles. The van der Waals surface area contributed by atoms with Crippen LogP contribution in [0.2, 0.25) is 0 Å². The zero-order valence-corrected chi connectivity index (χ0v) is 13.6. The van der Waals surface area contributed by atoms with Crippen molar-refractivity contribution in [2.45, 2.75) is 26.4 Å². The van der Waals surface area contributed by atoms with Crippen LogP contribution in [0.15, 0.2) is 0 Å². The summed E-state index contributed by atoms with van der Waals surface area (Å²) < 4.78 is 0. The van der Waals surface area contributed by atoms with Crippen molar-refractivity contribution in [2.24, 2.45) is 0 Å². The third-order valence-electron chi connectivity index (χ3n) is 0. The Kier molecular flexibility index (Phi) is 34.8. The van der Waals surface area contributed by atoms with E-state index in [0.29, 0.717) is 0 Å². The molecular weight excluding hydrogens is 170 g/mol. The van der Waals surface area contributed by atoms with Crippen molar-refractivity contribution in [3.8, 4) is 0 Å². The average Bonchev–Trinajstić information content (AvgIpc) is 1.36. The fourth-order valence-corrected chi connectivity index (χ4v) is 0. The summed E-state index contributed by atoms with van der Waals surface area (Å²) in [5, 5.41) is 18.4. The second-order valence-electron chi connectivity index (χ2n) is 2.11. The number of rotatable bonds is 0. The summed E-state index contributed by atoms with van der Waals surface area (Å²) in [6.07, 6.45) is 0. The van der Waals surface area contributed by atoms with Crippen LogP contribution in [0.4, 0.5) is 0 Å². The van der Waals surface area contributed by atoms with E-state index in [4.69, 9.17) is 5.11 Å². The van der Waals surface area contributed by atoms with Crippen LogP contribution >= 0.6 is 0 Å². The van der Waals surface area contributed by atoms with Gasteiger partial charge in [0, 0.05) is 0 Å². The molecule has 0 aliphatic rings. The van der Waals surface area contributed by atoms with Gasteiger partial charge in [-0.25, -0.2) is 0 Å². The minimum absolute atomic E-state index is 0. The van der Waals surface area contributed by atoms with Crippen molar-refractivity contribution in [1.82, 2.24) is 0 Å². The van der Waals surface area contributed by atoms with Crippen LogP contribution in [0.5, 0.6) is 0 Å². The topological polar surface area (TPSA) is 46.1 Å². The molecule has 0 amide bonds. The Morgan fingerprint density at radius 1 is 0.889 bits per heavy atom. The van der Waals surface area contributed by atoms with E-state index in [9.17, 15) is 5.11 Å². The van der Waals surface area contributed by atoms with Gasteiger partial charge in [-0.05, 0) is 0 Å². The molecule has 0 unspecified atom stereocenters. The Balaban J connectivity index is -0.0000000286. The zero-order valence-electron chi connectivity index (χ0n) is 7.32. The Morgan fingerprint density at radius 3 is 0.889 bits per heavy atom. The smallest absolute Gasteiger partial charge is 0.857 e. The first kappa shape index (κ1) is 22.8. The minimum atomic E-state index is -0.750. The van der Waals surface area contributed by atoms with Gasteiger partial charge in [0.05, 0.1) is 0 Å². The van der Waals surface area contributed by atoms with Crippen LogP contribution in [0.3, 0.4) is 0 Å². The molecule has 4 heteroatoms. The Labute approximate surface area is 143 Å². The minimum Gasteiger partial charge on any atom is -0.857 e. The van der Waals surface area contributed by atoms with E-state index in [1.54, 1.807) is 20.8 Å². The molecule has 0 atom stereocenters. The monoisotopic (exact) mass is 182 g/mol. The predicted octanol–water partition coefficient (Wildman–Crippen LogP) is -6.87. The second kappa shape index (κ2) is 13.8. The summed E-state index contributed by atoms with van der Waals surface area (Å²) in [4.78, 5) is 0. The molecule has 0 heterocycles. The molecule has 0 aromatic rings. The van der Waals surface area contributed by atoms with Gasteiger partial charge < -0.3 is 10.2 Å². The van der Waals surface area contributed by atoms with E-state index in [1.165, 1.54) is 0 Å². The van der Waals surface area contributed by atoms with Crippen molar-refractivity contribution in [1.29, 1.82) is 0 Å². The summed E-state index contributed by atoms with van der Waals surface area (Å²) in [6, 6.07) is 0. The Hall–Kier alpha value is 3.19. The Bertz CT molecular complexity index is 28.4. The largest absolute Gasteiger partial charge is 1.00 e. The van der Waals surface area contributed by atoms with E-state index < -0.39 is 5.60 Å². The maximum atomic E-state index is 10.1. The number of hydrogen-bond acceptors (Lipinski definition) is 2. The van der Waals surface area contributed by atoms with Gasteiger partial charge in [0.15, 0.2) is 0 Å². The standard InChI is InChI=1S/C4H9O.CH3O.2K/c1-4(2,3)5;1-2;;/h1-3H3;1H3;;/q2*-1;2*+1. The molecule has 2 nitrogen and oxygen atoms in total. The summed E-state index contributed by atoms with van der Waals surface area (Å²) in [5.41, 5.74) is -0.750. The predicted molar refractivity (Wildman–Crippen MR) is 25.7 cm³/mol. The molecule has 0 radical (unpaired) electrons. The van der Waals surface area contributed by atoms with E-state index in [2.05, 4.69) is 0 Å². The van der Waals surface area contributed by atoms with Crippen molar-refractivity contribution < 1.29 is 113 Å². The number of hydrogen-bond donors (Lipinski definition) is 0. The van der Waals surface area contributed by atoms with E-state index in [1.807, 2.05) is 0 Å². The van der Waals surface area contributed by atoms with Gasteiger partial charge in [-0.1, -0.05) is 20.8 Å². The molecule has 0 rings (SSSR count). The van der Waals surface area contributed by atoms with Gasteiger partial charge in [0.25, 0.3) is 0 Å². The third-order valence-corrected chi connectivity index (χ3v) is 0. The van der Waals surface area contributed by atoms with Gasteiger partial charge in [-0.2, -0.15) is 7.11 Å². The molecule has 46 valence electrons. The summed E-state index contributed by atoms with van der Waals surface area (Å²) in [7, 11) is 0.750. The van der Waals surface area contributed by atoms with Crippen molar-refractivity contribution in [2.75, 3.05) is 7.11 Å². The van der Waals surface area contributed by atoms with Gasteiger partial charge in [0.2, 0.25) is 0 Å². The molecule has 0 bridgehead atoms. The SMILES string of the molecule is CC(C)(C)[O-].C[O-].[K+].[K+]. The van der Waals surface area contributed by atoms with Crippen LogP contribution in [-0.4, -0.2) is 12.7 Å². The normalized spacial score (nSPS) is 7.33. The van der Waals surface area contributed by atoms with Gasteiger partial charge >= 0.3 is 103 Å². The molecule has 0 aromatic heterocycles. The zero-order chi connectivity index (χ0) is 6.50. The molecule has 0 saturated heterocycles. The van der Waals surface area contributed by atoms with E-state index in [0.717, 1.165) is 7.11 Å². The van der Waals surface area contributed by atoms with Crippen LogP contribution < -0.4 is 113 Å². The third kappa shape index (κ3) is 92.8. The first-order valence-electron chi connectivity index (χ1n) is 2.11. The van der Waals surface area contributed by atoms with Crippen LogP contribution in [0, 0.1) is 0 Å². The fourth-order valence-electron chi connectivity index (χ4n) is 0. The van der Waals surface area contributed by atoms with Crippen LogP contribution in [-0.2, 0) is 0 Å². The molecule has 9 heavy (non-hydrogen) atoms. The first-order chi connectivity index (χ1) is 3.00. The molecular formula is C5H12K2O2. The average molecular weight is 182 g/mol. The Morgan fingerprint density at radius 2 is 0.889 bits per heavy atom. The first-order valence-corrected chi connectivity index (χ1v) is 2.11. The van der Waals surface area contributed by atoms with E-state index in [-0.39, 0.29) is 103 Å². The van der Waals surface area contributed by atoms with Crippen molar-refractivity contribution in [3.63, 3.8) is 0 Å². The molecule has 0 N–H and O–H groups in total. The summed E-state index contributed by atoms with van der Waals surface area (Å²) in [5.74, 6) is 0. The van der Waals surface area contributed by atoms with Gasteiger partial charge in [0.1, 0.15) is 0 Å². The quantitative estimate of drug-likeness (QED) is 0.350. The summed E-state index contributed by atoms with van der Waals surface area (Å²) >= 11 is 0. The van der Waals surface area contributed by atoms with Crippen molar-refractivity contribution >= 4 is 0 Å². The van der Waals surface area contributed by atoms with Crippen LogP contribution in [0.1, 0.15) is 20.8 Å². The fraction of sp³-hybridized carbons (Fsp3) is 1.00. The molecule has 0 fully saturated rings.